The summed E-state index contributed by atoms with van der Waals surface area (Å²) in [6.45, 7) is 5.50. The van der Waals surface area contributed by atoms with Crippen LogP contribution < -0.4 is 10.5 Å². The molecule has 0 saturated carbocycles. The summed E-state index contributed by atoms with van der Waals surface area (Å²) in [6, 6.07) is 21.4. The SMILES string of the molecule is COc1ccc([C@H](c2ccc(Cl)cc2)[C@H](N)C(=O)Cc2cccc(F)c2CC[C@H]2CN(C(=O)OC(C)(C)C)CCN2S(=O)(=O)c2ccccc2)cn1. The monoisotopic (exact) mass is 750 g/mol. The van der Waals surface area contributed by atoms with Crippen LogP contribution >= 0.6 is 11.6 Å². The van der Waals surface area contributed by atoms with Crippen LogP contribution in [0.25, 0.3) is 0 Å². The van der Waals surface area contributed by atoms with Crippen molar-refractivity contribution >= 4 is 33.5 Å². The molecule has 4 aromatic rings. The lowest BCUT2D eigenvalue weighted by molar-refractivity contribution is -0.119. The van der Waals surface area contributed by atoms with E-state index in [-0.39, 0.29) is 55.1 Å². The topological polar surface area (TPSA) is 132 Å². The number of hydrogen-bond donors (Lipinski definition) is 1. The molecule has 0 unspecified atom stereocenters. The normalized spacial score (nSPS) is 16.6. The Morgan fingerprint density at radius 1 is 0.981 bits per heavy atom. The highest BCUT2D eigenvalue weighted by Gasteiger charge is 2.39. The first-order chi connectivity index (χ1) is 24.7. The predicted molar refractivity (Wildman–Crippen MR) is 197 cm³/mol. The van der Waals surface area contributed by atoms with Crippen molar-refractivity contribution in [2.75, 3.05) is 26.7 Å². The molecule has 1 aliphatic rings. The quantitative estimate of drug-likeness (QED) is 0.176. The number of methoxy groups -OCH3 is 1. The van der Waals surface area contributed by atoms with E-state index in [1.165, 1.54) is 40.6 Å². The van der Waals surface area contributed by atoms with Crippen molar-refractivity contribution in [3.63, 3.8) is 0 Å². The van der Waals surface area contributed by atoms with Crippen LogP contribution in [0.2, 0.25) is 5.02 Å². The molecule has 2 heterocycles. The number of rotatable bonds is 12. The molecule has 1 aromatic heterocycles. The lowest BCUT2D eigenvalue weighted by Gasteiger charge is -2.41. The van der Waals surface area contributed by atoms with E-state index in [9.17, 15) is 18.0 Å². The molecule has 3 atom stereocenters. The predicted octanol–water partition coefficient (Wildman–Crippen LogP) is 6.40. The fourth-order valence-electron chi connectivity index (χ4n) is 6.44. The van der Waals surface area contributed by atoms with Crippen molar-refractivity contribution < 1.29 is 31.9 Å². The van der Waals surface area contributed by atoms with Crippen molar-refractivity contribution in [3.05, 3.63) is 124 Å². The number of nitrogens with zero attached hydrogens (tertiary/aromatic N) is 3. The highest BCUT2D eigenvalue weighted by atomic mass is 35.5. The van der Waals surface area contributed by atoms with Crippen LogP contribution in [-0.2, 0) is 32.4 Å². The maximum atomic E-state index is 15.6. The van der Waals surface area contributed by atoms with E-state index in [1.54, 1.807) is 87.6 Å². The Hall–Kier alpha value is -4.36. The third-order valence-electron chi connectivity index (χ3n) is 9.03. The van der Waals surface area contributed by atoms with Gasteiger partial charge in [-0.2, -0.15) is 4.31 Å². The minimum Gasteiger partial charge on any atom is -0.481 e. The number of amides is 1. The fraction of sp³-hybridized carbons (Fsp3) is 0.359. The Labute approximate surface area is 309 Å². The Kier molecular flexibility index (Phi) is 12.4. The van der Waals surface area contributed by atoms with Gasteiger partial charge in [0.1, 0.15) is 11.4 Å². The Morgan fingerprint density at radius 3 is 2.31 bits per heavy atom. The van der Waals surface area contributed by atoms with Crippen molar-refractivity contribution in [1.29, 1.82) is 0 Å². The van der Waals surface area contributed by atoms with Gasteiger partial charge in [-0.3, -0.25) is 4.79 Å². The lowest BCUT2D eigenvalue weighted by atomic mass is 9.82. The third-order valence-corrected chi connectivity index (χ3v) is 11.2. The second kappa shape index (κ2) is 16.5. The van der Waals surface area contributed by atoms with Crippen LogP contribution in [0, 0.1) is 5.82 Å². The first kappa shape index (κ1) is 38.9. The summed E-state index contributed by atoms with van der Waals surface area (Å²) in [6.07, 6.45) is 1.16. The van der Waals surface area contributed by atoms with Crippen LogP contribution in [0.3, 0.4) is 0 Å². The number of benzene rings is 3. The lowest BCUT2D eigenvalue weighted by Crippen LogP contribution is -2.57. The standard InChI is InChI=1S/C39H44ClFN4O6S/c1-39(2,3)51-38(47)44-21-22-45(52(48,49)31-10-6-5-7-11-31)30(25-44)18-19-32-27(9-8-12-33(32)41)23-34(46)37(42)36(26-13-16-29(40)17-14-26)28-15-20-35(50-4)43-24-28/h5-17,20,24,30,36-37H,18-19,21-23,25,42H2,1-4H3/t30-,36-,37+/m0/s1. The van der Waals surface area contributed by atoms with Crippen molar-refractivity contribution in [3.8, 4) is 5.88 Å². The van der Waals surface area contributed by atoms with Crippen LogP contribution in [-0.4, -0.2) is 78.9 Å². The Bertz CT molecular complexity index is 1960. The maximum Gasteiger partial charge on any atom is 0.410 e. The molecule has 0 spiro atoms. The largest absolute Gasteiger partial charge is 0.481 e. The van der Waals surface area contributed by atoms with E-state index < -0.39 is 45.5 Å². The average Bonchev–Trinajstić information content (AvgIpc) is 3.12. The molecule has 0 bridgehead atoms. The number of halogens is 2. The van der Waals surface area contributed by atoms with Crippen LogP contribution in [0.15, 0.2) is 96.0 Å². The van der Waals surface area contributed by atoms with E-state index in [1.807, 2.05) is 0 Å². The number of Topliss-reactive ketones (excluding diaryl/α,β-unsaturated/α-hetero) is 1. The minimum absolute atomic E-state index is 0.0326. The molecule has 0 aliphatic carbocycles. The summed E-state index contributed by atoms with van der Waals surface area (Å²) >= 11 is 6.16. The number of carbonyl (C=O) groups excluding carboxylic acids is 2. The highest BCUT2D eigenvalue weighted by molar-refractivity contribution is 7.89. The van der Waals surface area contributed by atoms with Gasteiger partial charge in [0, 0.05) is 55.3 Å². The van der Waals surface area contributed by atoms with E-state index in [2.05, 4.69) is 4.98 Å². The van der Waals surface area contributed by atoms with Gasteiger partial charge in [-0.15, -0.1) is 0 Å². The summed E-state index contributed by atoms with van der Waals surface area (Å²) in [7, 11) is -2.44. The molecule has 13 heteroatoms. The van der Waals surface area contributed by atoms with Gasteiger partial charge in [-0.05, 0) is 86.2 Å². The van der Waals surface area contributed by atoms with Gasteiger partial charge in [-0.1, -0.05) is 60.1 Å². The molecule has 1 fully saturated rings. The van der Waals surface area contributed by atoms with E-state index in [0.717, 1.165) is 5.56 Å². The Morgan fingerprint density at radius 2 is 1.67 bits per heavy atom. The van der Waals surface area contributed by atoms with Gasteiger partial charge in [0.05, 0.1) is 18.0 Å². The van der Waals surface area contributed by atoms with Crippen molar-refractivity contribution in [2.24, 2.45) is 5.73 Å². The molecule has 10 nitrogen and oxygen atoms in total. The second-order valence-corrected chi connectivity index (χ2v) is 16.1. The summed E-state index contributed by atoms with van der Waals surface area (Å²) in [5.41, 5.74) is 8.14. The first-order valence-electron chi connectivity index (χ1n) is 17.0. The molecule has 1 saturated heterocycles. The van der Waals surface area contributed by atoms with Crippen molar-refractivity contribution in [1.82, 2.24) is 14.2 Å². The molecule has 1 amide bonds. The molecular formula is C39H44ClFN4O6S. The molecule has 3 aromatic carbocycles. The molecular weight excluding hydrogens is 707 g/mol. The maximum absolute atomic E-state index is 15.6. The van der Waals surface area contributed by atoms with Crippen LogP contribution in [0.4, 0.5) is 9.18 Å². The fourth-order valence-corrected chi connectivity index (χ4v) is 8.22. The number of carbonyl (C=O) groups is 2. The molecule has 0 radical (unpaired) electrons. The van der Waals surface area contributed by atoms with Gasteiger partial charge in [0.2, 0.25) is 15.9 Å². The number of nitrogens with two attached hydrogens (primary N) is 1. The molecule has 2 N–H and O–H groups in total. The zero-order valence-corrected chi connectivity index (χ0v) is 31.2. The molecule has 52 heavy (non-hydrogen) atoms. The molecule has 276 valence electrons. The van der Waals surface area contributed by atoms with Gasteiger partial charge in [-0.25, -0.2) is 22.6 Å². The first-order valence-corrected chi connectivity index (χ1v) is 18.8. The van der Waals surface area contributed by atoms with Crippen LogP contribution in [0.5, 0.6) is 5.88 Å². The van der Waals surface area contributed by atoms with Gasteiger partial charge < -0.3 is 20.1 Å². The van der Waals surface area contributed by atoms with Gasteiger partial charge >= 0.3 is 6.09 Å². The Balaban J connectivity index is 1.40. The number of ketones is 1. The zero-order chi connectivity index (χ0) is 37.6. The zero-order valence-electron chi connectivity index (χ0n) is 29.7. The second-order valence-electron chi connectivity index (χ2n) is 13.8. The molecule has 5 rings (SSSR count). The number of piperazine rings is 1. The summed E-state index contributed by atoms with van der Waals surface area (Å²) in [5.74, 6) is -1.03. The number of hydrogen-bond acceptors (Lipinski definition) is 8. The third kappa shape index (κ3) is 9.35. The van der Waals surface area contributed by atoms with E-state index >= 15 is 4.39 Å². The smallest absolute Gasteiger partial charge is 0.410 e. The van der Waals surface area contributed by atoms with Crippen molar-refractivity contribution in [2.45, 2.75) is 68.5 Å². The summed E-state index contributed by atoms with van der Waals surface area (Å²) in [4.78, 5) is 33.0. The van der Waals surface area contributed by atoms with E-state index in [4.69, 9.17) is 26.8 Å². The number of ether oxygens (including phenoxy) is 2. The van der Waals surface area contributed by atoms with Gasteiger partial charge in [0.25, 0.3) is 0 Å². The summed E-state index contributed by atoms with van der Waals surface area (Å²) < 4.78 is 55.5. The number of pyridine rings is 1. The average molecular weight is 751 g/mol. The van der Waals surface area contributed by atoms with E-state index in [0.29, 0.717) is 22.0 Å². The minimum atomic E-state index is -3.95. The number of sulfonamides is 1. The van der Waals surface area contributed by atoms with Crippen LogP contribution in [0.1, 0.15) is 55.4 Å². The van der Waals surface area contributed by atoms with Gasteiger partial charge in [0.15, 0.2) is 5.78 Å². The summed E-state index contributed by atoms with van der Waals surface area (Å²) in [5, 5.41) is 0.530. The molecule has 1 aliphatic heterocycles. The number of aromatic nitrogens is 1. The highest BCUT2D eigenvalue weighted by Crippen LogP contribution is 2.31.